The van der Waals surface area contributed by atoms with Crippen molar-refractivity contribution < 1.29 is 4.74 Å². The monoisotopic (exact) mass is 330 g/mol. The van der Waals surface area contributed by atoms with Gasteiger partial charge in [-0.2, -0.15) is 0 Å². The Morgan fingerprint density at radius 1 is 1.20 bits per heavy atom. The van der Waals surface area contributed by atoms with E-state index in [9.17, 15) is 4.79 Å². The number of fused-ring (bicyclic) bond motifs is 1. The van der Waals surface area contributed by atoms with E-state index < -0.39 is 0 Å². The lowest BCUT2D eigenvalue weighted by Gasteiger charge is -2.10. The van der Waals surface area contributed by atoms with Crippen molar-refractivity contribution in [3.8, 4) is 5.75 Å². The number of halogens is 1. The number of hydrogen-bond donors (Lipinski definition) is 1. The Morgan fingerprint density at radius 2 is 2.00 bits per heavy atom. The molecule has 1 N–H and O–H groups in total. The molecular weight excluding hydrogens is 320 g/mol. The average Bonchev–Trinajstić information content (AvgIpc) is 2.49. The first-order valence-corrected chi connectivity index (χ1v) is 6.87. The molecule has 0 unspecified atom stereocenters. The third kappa shape index (κ3) is 2.44. The molecule has 0 fully saturated rings. The van der Waals surface area contributed by atoms with Crippen molar-refractivity contribution in [2.75, 3.05) is 0 Å². The van der Waals surface area contributed by atoms with Gasteiger partial charge in [0.2, 0.25) is 0 Å². The summed E-state index contributed by atoms with van der Waals surface area (Å²) in [6.07, 6.45) is 3.31. The number of nitrogens with one attached hydrogen (secondary N) is 1. The van der Waals surface area contributed by atoms with Gasteiger partial charge in [0.15, 0.2) is 0 Å². The number of rotatable bonds is 3. The smallest absolute Gasteiger partial charge is 0.266 e. The summed E-state index contributed by atoms with van der Waals surface area (Å²) in [5, 5.41) is 0.773. The zero-order valence-electron chi connectivity index (χ0n) is 10.5. The standard InChI is InChI=1S/C15H11BrN2O2/c16-13-14(20-9-10-4-2-1-3-5-10)11-8-17-7-6-12(11)18-15(13)19/h1-8H,9H2,(H,18,19). The highest BCUT2D eigenvalue weighted by Gasteiger charge is 2.12. The largest absolute Gasteiger partial charge is 0.487 e. The Hall–Kier alpha value is -2.14. The second-order valence-corrected chi connectivity index (χ2v) is 5.09. The average molecular weight is 331 g/mol. The van der Waals surface area contributed by atoms with Gasteiger partial charge >= 0.3 is 0 Å². The molecule has 1 aromatic carbocycles. The van der Waals surface area contributed by atoms with Crippen LogP contribution in [0.15, 0.2) is 58.1 Å². The van der Waals surface area contributed by atoms with Crippen LogP contribution in [0.25, 0.3) is 10.9 Å². The molecule has 5 heteroatoms. The maximum absolute atomic E-state index is 11.9. The van der Waals surface area contributed by atoms with E-state index in [2.05, 4.69) is 25.9 Å². The van der Waals surface area contributed by atoms with Crippen LogP contribution in [0.1, 0.15) is 5.56 Å². The van der Waals surface area contributed by atoms with Crippen LogP contribution in [0, 0.1) is 0 Å². The van der Waals surface area contributed by atoms with Crippen molar-refractivity contribution >= 4 is 26.8 Å². The van der Waals surface area contributed by atoms with Crippen molar-refractivity contribution in [2.24, 2.45) is 0 Å². The molecule has 0 saturated carbocycles. The van der Waals surface area contributed by atoms with Crippen LogP contribution < -0.4 is 10.3 Å². The van der Waals surface area contributed by atoms with Gasteiger partial charge in [0.05, 0.1) is 10.9 Å². The maximum atomic E-state index is 11.9. The Balaban J connectivity index is 2.02. The Kier molecular flexibility index (Phi) is 3.52. The van der Waals surface area contributed by atoms with Crippen LogP contribution in [-0.4, -0.2) is 9.97 Å². The summed E-state index contributed by atoms with van der Waals surface area (Å²) in [4.78, 5) is 18.7. The molecule has 0 amide bonds. The van der Waals surface area contributed by atoms with Crippen LogP contribution in [-0.2, 0) is 6.61 Å². The predicted octanol–water partition coefficient (Wildman–Crippen LogP) is 3.26. The molecule has 0 atom stereocenters. The highest BCUT2D eigenvalue weighted by atomic mass is 79.9. The molecule has 100 valence electrons. The van der Waals surface area contributed by atoms with Crippen LogP contribution in [0.4, 0.5) is 0 Å². The lowest BCUT2D eigenvalue weighted by atomic mass is 10.2. The van der Waals surface area contributed by atoms with Crippen molar-refractivity contribution in [3.05, 3.63) is 69.2 Å². The highest BCUT2D eigenvalue weighted by molar-refractivity contribution is 9.10. The van der Waals surface area contributed by atoms with Crippen LogP contribution in [0.5, 0.6) is 5.75 Å². The number of aromatic amines is 1. The third-order valence-electron chi connectivity index (χ3n) is 2.94. The van der Waals surface area contributed by atoms with E-state index in [1.807, 2.05) is 30.3 Å². The van der Waals surface area contributed by atoms with Crippen LogP contribution in [0.2, 0.25) is 0 Å². The quantitative estimate of drug-likeness (QED) is 0.801. The van der Waals surface area contributed by atoms with E-state index in [1.54, 1.807) is 18.5 Å². The minimum absolute atomic E-state index is 0.216. The second-order valence-electron chi connectivity index (χ2n) is 4.29. The third-order valence-corrected chi connectivity index (χ3v) is 3.66. The Morgan fingerprint density at radius 3 is 2.80 bits per heavy atom. The zero-order chi connectivity index (χ0) is 13.9. The number of ether oxygens (including phenoxy) is 1. The molecule has 2 heterocycles. The zero-order valence-corrected chi connectivity index (χ0v) is 12.1. The van der Waals surface area contributed by atoms with Crippen molar-refractivity contribution in [1.29, 1.82) is 0 Å². The molecule has 0 aliphatic carbocycles. The first kappa shape index (κ1) is 12.9. The number of benzene rings is 1. The maximum Gasteiger partial charge on any atom is 0.266 e. The van der Waals surface area contributed by atoms with Gasteiger partial charge in [0, 0.05) is 12.4 Å². The van der Waals surface area contributed by atoms with E-state index in [4.69, 9.17) is 4.74 Å². The molecule has 0 saturated heterocycles. The highest BCUT2D eigenvalue weighted by Crippen LogP contribution is 2.29. The molecule has 0 aliphatic heterocycles. The van der Waals surface area contributed by atoms with E-state index in [0.29, 0.717) is 22.3 Å². The summed E-state index contributed by atoms with van der Waals surface area (Å²) in [7, 11) is 0. The van der Waals surface area contributed by atoms with Crippen molar-refractivity contribution in [3.63, 3.8) is 0 Å². The Labute approximate surface area is 123 Å². The van der Waals surface area contributed by atoms with Crippen molar-refractivity contribution in [1.82, 2.24) is 9.97 Å². The summed E-state index contributed by atoms with van der Waals surface area (Å²) >= 11 is 3.28. The molecule has 3 rings (SSSR count). The molecule has 0 aliphatic rings. The molecule has 0 bridgehead atoms. The lowest BCUT2D eigenvalue weighted by molar-refractivity contribution is 0.307. The molecule has 0 spiro atoms. The number of pyridine rings is 2. The van der Waals surface area contributed by atoms with E-state index in [0.717, 1.165) is 10.9 Å². The number of nitrogens with zero attached hydrogens (tertiary/aromatic N) is 1. The minimum atomic E-state index is -0.216. The van der Waals surface area contributed by atoms with Gasteiger partial charge in [-0.15, -0.1) is 0 Å². The fourth-order valence-electron chi connectivity index (χ4n) is 1.95. The topological polar surface area (TPSA) is 55.0 Å². The van der Waals surface area contributed by atoms with Gasteiger partial charge in [-0.05, 0) is 27.6 Å². The van der Waals surface area contributed by atoms with Gasteiger partial charge < -0.3 is 9.72 Å². The van der Waals surface area contributed by atoms with E-state index in [1.165, 1.54) is 0 Å². The fourth-order valence-corrected chi connectivity index (χ4v) is 2.38. The van der Waals surface area contributed by atoms with Gasteiger partial charge in [0.1, 0.15) is 16.8 Å². The molecule has 4 nitrogen and oxygen atoms in total. The summed E-state index contributed by atoms with van der Waals surface area (Å²) in [5.74, 6) is 0.515. The van der Waals surface area contributed by atoms with Gasteiger partial charge in [-0.3, -0.25) is 9.78 Å². The number of hydrogen-bond acceptors (Lipinski definition) is 3. The molecule has 2 aromatic heterocycles. The van der Waals surface area contributed by atoms with Gasteiger partial charge in [0.25, 0.3) is 5.56 Å². The lowest BCUT2D eigenvalue weighted by Crippen LogP contribution is -2.10. The molecule has 3 aromatic rings. The summed E-state index contributed by atoms with van der Waals surface area (Å²) in [5.41, 5.74) is 1.53. The van der Waals surface area contributed by atoms with Gasteiger partial charge in [-0.25, -0.2) is 0 Å². The van der Waals surface area contributed by atoms with E-state index >= 15 is 0 Å². The van der Waals surface area contributed by atoms with Gasteiger partial charge in [-0.1, -0.05) is 30.3 Å². The molecule has 0 radical (unpaired) electrons. The number of aromatic nitrogens is 2. The fraction of sp³-hybridized carbons (Fsp3) is 0.0667. The first-order valence-electron chi connectivity index (χ1n) is 6.08. The number of H-pyrrole nitrogens is 1. The second kappa shape index (κ2) is 5.46. The Bertz CT molecular complexity index is 800. The van der Waals surface area contributed by atoms with Crippen LogP contribution in [0.3, 0.4) is 0 Å². The summed E-state index contributed by atoms with van der Waals surface area (Å²) < 4.78 is 6.19. The summed E-state index contributed by atoms with van der Waals surface area (Å²) in [6.45, 7) is 0.396. The van der Waals surface area contributed by atoms with Crippen molar-refractivity contribution in [2.45, 2.75) is 6.61 Å². The SMILES string of the molecule is O=c1[nH]c2ccncc2c(OCc2ccccc2)c1Br. The normalized spacial score (nSPS) is 10.7. The van der Waals surface area contributed by atoms with E-state index in [-0.39, 0.29) is 5.56 Å². The predicted molar refractivity (Wildman–Crippen MR) is 80.8 cm³/mol. The molecule has 20 heavy (non-hydrogen) atoms. The minimum Gasteiger partial charge on any atom is -0.487 e. The van der Waals surface area contributed by atoms with Crippen LogP contribution >= 0.6 is 15.9 Å². The summed E-state index contributed by atoms with van der Waals surface area (Å²) in [6, 6.07) is 11.5. The molecular formula is C15H11BrN2O2. The first-order chi connectivity index (χ1) is 9.75.